The average Bonchev–Trinajstić information content (AvgIpc) is 2.63. The van der Waals surface area contributed by atoms with Crippen molar-refractivity contribution in [3.8, 4) is 5.75 Å². The Morgan fingerprint density at radius 2 is 1.88 bits per heavy atom. The van der Waals surface area contributed by atoms with E-state index in [1.165, 1.54) is 12.1 Å². The van der Waals surface area contributed by atoms with Crippen molar-refractivity contribution in [3.63, 3.8) is 0 Å². The summed E-state index contributed by atoms with van der Waals surface area (Å²) in [5, 5.41) is 6.18. The van der Waals surface area contributed by atoms with E-state index in [4.69, 9.17) is 4.74 Å². The molecule has 1 saturated heterocycles. The molecule has 0 aromatic heterocycles. The van der Waals surface area contributed by atoms with E-state index in [1.807, 2.05) is 24.3 Å². The Bertz CT molecular complexity index is 671. The van der Waals surface area contributed by atoms with Gasteiger partial charge in [-0.25, -0.2) is 4.39 Å². The Hall–Kier alpha value is -2.11. The minimum Gasteiger partial charge on any atom is -0.489 e. The predicted molar refractivity (Wildman–Crippen MR) is 98.6 cm³/mol. The van der Waals surface area contributed by atoms with E-state index in [0.717, 1.165) is 37.2 Å². The summed E-state index contributed by atoms with van der Waals surface area (Å²) in [6, 6.07) is 13.5. The zero-order chi connectivity index (χ0) is 16.8. The highest BCUT2D eigenvalue weighted by Gasteiger charge is 2.20. The van der Waals surface area contributed by atoms with Gasteiger partial charge in [0.2, 0.25) is 5.91 Å². The zero-order valence-corrected chi connectivity index (χ0v) is 14.7. The number of amides is 1. The van der Waals surface area contributed by atoms with Crippen molar-refractivity contribution in [3.05, 3.63) is 59.9 Å². The lowest BCUT2D eigenvalue weighted by atomic mass is 9.99. The monoisotopic (exact) mass is 364 g/mol. The number of piperidine rings is 1. The largest absolute Gasteiger partial charge is 0.489 e. The van der Waals surface area contributed by atoms with Crippen LogP contribution in [0.4, 0.5) is 10.1 Å². The standard InChI is InChI=1S/C19H21FN2O2.ClH/c20-16-5-3-14(4-6-16)13-24-18-9-7-17(8-10-18)22-19(23)15-2-1-11-21-12-15;/h3-10,15,21H,1-2,11-13H2,(H,22,23);1H. The molecule has 0 saturated carbocycles. The summed E-state index contributed by atoms with van der Waals surface area (Å²) >= 11 is 0. The Morgan fingerprint density at radius 3 is 2.52 bits per heavy atom. The van der Waals surface area contributed by atoms with E-state index in [-0.39, 0.29) is 30.0 Å². The molecule has 1 heterocycles. The fraction of sp³-hybridized carbons (Fsp3) is 0.316. The smallest absolute Gasteiger partial charge is 0.228 e. The van der Waals surface area contributed by atoms with Gasteiger partial charge < -0.3 is 15.4 Å². The Kier molecular flexibility index (Phi) is 7.22. The third-order valence-electron chi connectivity index (χ3n) is 4.11. The lowest BCUT2D eigenvalue weighted by Gasteiger charge is -2.21. The molecule has 2 aromatic rings. The van der Waals surface area contributed by atoms with Crippen LogP contribution < -0.4 is 15.4 Å². The molecule has 1 atom stereocenters. The first-order valence-corrected chi connectivity index (χ1v) is 8.19. The molecule has 1 aliphatic heterocycles. The Labute approximate surface area is 153 Å². The number of anilines is 1. The number of ether oxygens (including phenoxy) is 1. The fourth-order valence-electron chi connectivity index (χ4n) is 2.70. The summed E-state index contributed by atoms with van der Waals surface area (Å²) in [7, 11) is 0. The first-order chi connectivity index (χ1) is 11.7. The van der Waals surface area contributed by atoms with E-state index < -0.39 is 0 Å². The molecule has 1 aliphatic rings. The highest BCUT2D eigenvalue weighted by Crippen LogP contribution is 2.19. The van der Waals surface area contributed by atoms with Crippen molar-refractivity contribution in [2.75, 3.05) is 18.4 Å². The number of carbonyl (C=O) groups excluding carboxylic acids is 1. The van der Waals surface area contributed by atoms with Crippen molar-refractivity contribution < 1.29 is 13.9 Å². The van der Waals surface area contributed by atoms with Crippen molar-refractivity contribution in [2.45, 2.75) is 19.4 Å². The van der Waals surface area contributed by atoms with Crippen LogP contribution in [0, 0.1) is 11.7 Å². The molecule has 2 aromatic carbocycles. The number of benzene rings is 2. The van der Waals surface area contributed by atoms with Gasteiger partial charge in [0.05, 0.1) is 5.92 Å². The maximum absolute atomic E-state index is 12.9. The second-order valence-corrected chi connectivity index (χ2v) is 5.97. The van der Waals surface area contributed by atoms with E-state index in [2.05, 4.69) is 10.6 Å². The topological polar surface area (TPSA) is 50.4 Å². The molecular formula is C19H22ClFN2O2. The Balaban J connectivity index is 0.00000225. The van der Waals surface area contributed by atoms with Gasteiger partial charge in [-0.2, -0.15) is 0 Å². The molecule has 3 rings (SSSR count). The first kappa shape index (κ1) is 19.2. The maximum atomic E-state index is 12.9. The molecule has 0 spiro atoms. The van der Waals surface area contributed by atoms with Gasteiger partial charge in [-0.3, -0.25) is 4.79 Å². The van der Waals surface area contributed by atoms with Crippen molar-refractivity contribution >= 4 is 24.0 Å². The van der Waals surface area contributed by atoms with Gasteiger partial charge in [-0.1, -0.05) is 12.1 Å². The van der Waals surface area contributed by atoms with Crippen LogP contribution in [-0.4, -0.2) is 19.0 Å². The second-order valence-electron chi connectivity index (χ2n) is 5.97. The molecule has 6 heteroatoms. The van der Waals surface area contributed by atoms with Crippen molar-refractivity contribution in [1.82, 2.24) is 5.32 Å². The number of hydrogen-bond acceptors (Lipinski definition) is 3. The zero-order valence-electron chi connectivity index (χ0n) is 13.8. The van der Waals surface area contributed by atoms with E-state index in [1.54, 1.807) is 12.1 Å². The van der Waals surface area contributed by atoms with Crippen LogP contribution in [0.25, 0.3) is 0 Å². The molecule has 2 N–H and O–H groups in total. The van der Waals surface area contributed by atoms with Gasteiger partial charge in [0.25, 0.3) is 0 Å². The van der Waals surface area contributed by atoms with Crippen molar-refractivity contribution in [2.24, 2.45) is 5.92 Å². The second kappa shape index (κ2) is 9.39. The number of hydrogen-bond donors (Lipinski definition) is 2. The number of nitrogens with one attached hydrogen (secondary N) is 2. The highest BCUT2D eigenvalue weighted by molar-refractivity contribution is 5.92. The first-order valence-electron chi connectivity index (χ1n) is 8.19. The van der Waals surface area contributed by atoms with E-state index in [9.17, 15) is 9.18 Å². The maximum Gasteiger partial charge on any atom is 0.228 e. The average molecular weight is 365 g/mol. The fourth-order valence-corrected chi connectivity index (χ4v) is 2.70. The summed E-state index contributed by atoms with van der Waals surface area (Å²) in [6.45, 7) is 2.11. The van der Waals surface area contributed by atoms with Gasteiger partial charge in [0.15, 0.2) is 0 Å². The third kappa shape index (κ3) is 5.73. The molecule has 1 amide bonds. The van der Waals surface area contributed by atoms with E-state index in [0.29, 0.717) is 12.4 Å². The summed E-state index contributed by atoms with van der Waals surface area (Å²) in [4.78, 5) is 12.2. The normalized spacial score (nSPS) is 16.6. The number of carbonyl (C=O) groups is 1. The SMILES string of the molecule is Cl.O=C(Nc1ccc(OCc2ccc(F)cc2)cc1)C1CCCNC1. The molecule has 1 unspecified atom stereocenters. The van der Waals surface area contributed by atoms with Crippen LogP contribution in [-0.2, 0) is 11.4 Å². The Morgan fingerprint density at radius 1 is 1.16 bits per heavy atom. The lowest BCUT2D eigenvalue weighted by molar-refractivity contribution is -0.120. The van der Waals surface area contributed by atoms with Crippen LogP contribution >= 0.6 is 12.4 Å². The predicted octanol–water partition coefficient (Wildman–Crippen LogP) is 3.76. The molecule has 25 heavy (non-hydrogen) atoms. The minimum absolute atomic E-state index is 0. The molecule has 0 aliphatic carbocycles. The lowest BCUT2D eigenvalue weighted by Crippen LogP contribution is -2.37. The molecule has 0 bridgehead atoms. The summed E-state index contributed by atoms with van der Waals surface area (Å²) in [5.41, 5.74) is 1.67. The number of halogens is 2. The van der Waals surface area contributed by atoms with Crippen LogP contribution in [0.2, 0.25) is 0 Å². The molecule has 134 valence electrons. The van der Waals surface area contributed by atoms with Crippen LogP contribution in [0.5, 0.6) is 5.75 Å². The van der Waals surface area contributed by atoms with Crippen LogP contribution in [0.1, 0.15) is 18.4 Å². The quantitative estimate of drug-likeness (QED) is 0.849. The summed E-state index contributed by atoms with van der Waals surface area (Å²) in [5.74, 6) is 0.541. The van der Waals surface area contributed by atoms with Gasteiger partial charge in [-0.05, 0) is 61.3 Å². The molecule has 4 nitrogen and oxygen atoms in total. The third-order valence-corrected chi connectivity index (χ3v) is 4.11. The van der Waals surface area contributed by atoms with E-state index >= 15 is 0 Å². The summed E-state index contributed by atoms with van der Waals surface area (Å²) < 4.78 is 18.5. The van der Waals surface area contributed by atoms with Gasteiger partial charge in [0.1, 0.15) is 18.2 Å². The highest BCUT2D eigenvalue weighted by atomic mass is 35.5. The van der Waals surface area contributed by atoms with Crippen LogP contribution in [0.3, 0.4) is 0 Å². The van der Waals surface area contributed by atoms with Gasteiger partial charge in [0, 0.05) is 12.2 Å². The molecule has 1 fully saturated rings. The van der Waals surface area contributed by atoms with Crippen LogP contribution in [0.15, 0.2) is 48.5 Å². The van der Waals surface area contributed by atoms with Crippen molar-refractivity contribution in [1.29, 1.82) is 0 Å². The van der Waals surface area contributed by atoms with Gasteiger partial charge in [-0.15, -0.1) is 12.4 Å². The molecular weight excluding hydrogens is 343 g/mol. The molecule has 0 radical (unpaired) electrons. The number of rotatable bonds is 5. The summed E-state index contributed by atoms with van der Waals surface area (Å²) in [6.07, 6.45) is 1.96. The van der Waals surface area contributed by atoms with Gasteiger partial charge >= 0.3 is 0 Å². The minimum atomic E-state index is -0.257.